The van der Waals surface area contributed by atoms with E-state index in [2.05, 4.69) is 36.3 Å². The second kappa shape index (κ2) is 9.14. The van der Waals surface area contributed by atoms with Crippen LogP contribution in [-0.4, -0.2) is 52.5 Å². The summed E-state index contributed by atoms with van der Waals surface area (Å²) in [5.41, 5.74) is 2.39. The highest BCUT2D eigenvalue weighted by Crippen LogP contribution is 2.32. The van der Waals surface area contributed by atoms with E-state index in [0.717, 1.165) is 6.07 Å². The minimum absolute atomic E-state index is 0.130. The van der Waals surface area contributed by atoms with Gasteiger partial charge in [0.1, 0.15) is 53.3 Å². The molecule has 0 aliphatic heterocycles. The van der Waals surface area contributed by atoms with Crippen LogP contribution in [0.2, 0.25) is 0 Å². The maximum absolute atomic E-state index is 14.3. The Morgan fingerprint density at radius 2 is 1.94 bits per heavy atom. The molecule has 0 radical (unpaired) electrons. The lowest BCUT2D eigenvalue weighted by Crippen LogP contribution is -2.19. The molecule has 4 aromatic heterocycles. The molecule has 0 saturated heterocycles. The molecule has 0 unspecified atom stereocenters. The van der Waals surface area contributed by atoms with Crippen molar-refractivity contribution in [2.45, 2.75) is 19.6 Å². The zero-order valence-corrected chi connectivity index (χ0v) is 18.7. The topological polar surface area (TPSA) is 129 Å². The first-order valence-corrected chi connectivity index (χ1v) is 10.5. The van der Waals surface area contributed by atoms with Crippen LogP contribution in [0.4, 0.5) is 4.39 Å². The molecule has 5 rings (SSSR count). The summed E-state index contributed by atoms with van der Waals surface area (Å²) in [5, 5.41) is 21.8. The highest BCUT2D eigenvalue weighted by molar-refractivity contribution is 5.73. The highest BCUT2D eigenvalue weighted by Gasteiger charge is 2.18. The van der Waals surface area contributed by atoms with Gasteiger partial charge in [0.2, 0.25) is 5.88 Å². The zero-order valence-electron chi connectivity index (χ0n) is 18.7. The Kier molecular flexibility index (Phi) is 5.72. The van der Waals surface area contributed by atoms with E-state index < -0.39 is 5.82 Å². The lowest BCUT2D eigenvalue weighted by Gasteiger charge is -2.14. The molecular formula is C23H18FN9O2. The normalized spacial score (nSPS) is 11.8. The molecule has 0 aliphatic carbocycles. The SMILES string of the molecule is COc1cc(F)cc(-c2cnc3ccc(-c4cncc(O[C@@H](C)Cn5cnnc5)n4)nn23)c1C#N. The van der Waals surface area contributed by atoms with Gasteiger partial charge in [0.15, 0.2) is 5.65 Å². The molecule has 4 heterocycles. The van der Waals surface area contributed by atoms with E-state index in [-0.39, 0.29) is 17.4 Å². The molecule has 11 nitrogen and oxygen atoms in total. The third kappa shape index (κ3) is 4.34. The van der Waals surface area contributed by atoms with E-state index in [4.69, 9.17) is 9.47 Å². The number of imidazole rings is 1. The van der Waals surface area contributed by atoms with E-state index in [1.165, 1.54) is 30.1 Å². The number of benzene rings is 1. The van der Waals surface area contributed by atoms with Crippen molar-refractivity contribution < 1.29 is 13.9 Å². The van der Waals surface area contributed by atoms with Gasteiger partial charge in [-0.3, -0.25) is 4.98 Å². The highest BCUT2D eigenvalue weighted by atomic mass is 19.1. The summed E-state index contributed by atoms with van der Waals surface area (Å²) < 4.78 is 28.7. The number of halogens is 1. The Hall–Kier alpha value is -4.92. The molecule has 35 heavy (non-hydrogen) atoms. The van der Waals surface area contributed by atoms with Gasteiger partial charge in [-0.25, -0.2) is 18.9 Å². The standard InChI is InChI=1S/C23H18FN9O2/c1-14(11-32-12-28-29-13-32)35-23-10-26-8-19(30-23)18-3-4-22-27-9-20(33(22)31-18)16-5-15(24)6-21(34-2)17(16)7-25/h3-6,8-10,12-14H,11H2,1-2H3/t14-/m0/s1. The molecule has 1 aromatic carbocycles. The molecule has 174 valence electrons. The number of aromatic nitrogens is 8. The molecular weight excluding hydrogens is 453 g/mol. The van der Waals surface area contributed by atoms with Crippen molar-refractivity contribution in [1.82, 2.24) is 39.3 Å². The van der Waals surface area contributed by atoms with Crippen molar-refractivity contribution in [2.75, 3.05) is 7.11 Å². The van der Waals surface area contributed by atoms with Crippen LogP contribution in [0.3, 0.4) is 0 Å². The summed E-state index contributed by atoms with van der Waals surface area (Å²) in [5.74, 6) is -0.0827. The lowest BCUT2D eigenvalue weighted by molar-refractivity contribution is 0.191. The lowest BCUT2D eigenvalue weighted by atomic mass is 10.0. The largest absolute Gasteiger partial charge is 0.495 e. The predicted octanol–water partition coefficient (Wildman–Crippen LogP) is 2.93. The van der Waals surface area contributed by atoms with Crippen LogP contribution in [0.1, 0.15) is 12.5 Å². The molecule has 0 amide bonds. The van der Waals surface area contributed by atoms with Gasteiger partial charge in [0, 0.05) is 11.6 Å². The number of ether oxygens (including phenoxy) is 2. The van der Waals surface area contributed by atoms with E-state index in [9.17, 15) is 9.65 Å². The number of hydrogen-bond donors (Lipinski definition) is 0. The summed E-state index contributed by atoms with van der Waals surface area (Å²) in [6.07, 6.45) is 7.61. The first-order valence-electron chi connectivity index (χ1n) is 10.5. The summed E-state index contributed by atoms with van der Waals surface area (Å²) >= 11 is 0. The average molecular weight is 471 g/mol. The second-order valence-electron chi connectivity index (χ2n) is 7.60. The van der Waals surface area contributed by atoms with Gasteiger partial charge in [-0.05, 0) is 25.1 Å². The smallest absolute Gasteiger partial charge is 0.233 e. The molecule has 5 aromatic rings. The molecule has 12 heteroatoms. The number of nitrogens with zero attached hydrogens (tertiary/aromatic N) is 9. The first kappa shape index (κ1) is 21.9. The van der Waals surface area contributed by atoms with E-state index in [0.29, 0.717) is 40.7 Å². The number of fused-ring (bicyclic) bond motifs is 1. The Morgan fingerprint density at radius 1 is 1.11 bits per heavy atom. The maximum Gasteiger partial charge on any atom is 0.233 e. The van der Waals surface area contributed by atoms with Crippen molar-refractivity contribution >= 4 is 5.65 Å². The van der Waals surface area contributed by atoms with Gasteiger partial charge < -0.3 is 14.0 Å². The van der Waals surface area contributed by atoms with Gasteiger partial charge in [-0.2, -0.15) is 10.4 Å². The molecule has 1 atom stereocenters. The number of hydrogen-bond acceptors (Lipinski definition) is 9. The monoisotopic (exact) mass is 471 g/mol. The van der Waals surface area contributed by atoms with Gasteiger partial charge >= 0.3 is 0 Å². The van der Waals surface area contributed by atoms with Crippen molar-refractivity contribution in [3.05, 3.63) is 66.9 Å². The van der Waals surface area contributed by atoms with Crippen molar-refractivity contribution in [2.24, 2.45) is 0 Å². The molecule has 0 aliphatic rings. The quantitative estimate of drug-likeness (QED) is 0.352. The van der Waals surface area contributed by atoms with Gasteiger partial charge in [0.05, 0.1) is 37.9 Å². The van der Waals surface area contributed by atoms with Crippen LogP contribution < -0.4 is 9.47 Å². The predicted molar refractivity (Wildman–Crippen MR) is 121 cm³/mol. The molecule has 0 saturated carbocycles. The van der Waals surface area contributed by atoms with Gasteiger partial charge in [-0.15, -0.1) is 10.2 Å². The van der Waals surface area contributed by atoms with Crippen molar-refractivity contribution in [3.8, 4) is 40.3 Å². The van der Waals surface area contributed by atoms with Crippen LogP contribution in [0.25, 0.3) is 28.3 Å². The Balaban J connectivity index is 1.50. The summed E-state index contributed by atoms with van der Waals surface area (Å²) in [6, 6.07) is 7.99. The second-order valence-corrected chi connectivity index (χ2v) is 7.60. The van der Waals surface area contributed by atoms with Gasteiger partial charge in [-0.1, -0.05) is 0 Å². The minimum Gasteiger partial charge on any atom is -0.495 e. The molecule has 0 spiro atoms. The summed E-state index contributed by atoms with van der Waals surface area (Å²) in [6.45, 7) is 2.44. The maximum atomic E-state index is 14.3. The van der Waals surface area contributed by atoms with E-state index >= 15 is 0 Å². The Morgan fingerprint density at radius 3 is 2.71 bits per heavy atom. The average Bonchev–Trinajstić information content (AvgIpc) is 3.53. The molecule has 0 fully saturated rings. The fourth-order valence-corrected chi connectivity index (χ4v) is 3.64. The Bertz CT molecular complexity index is 1540. The summed E-state index contributed by atoms with van der Waals surface area (Å²) in [4.78, 5) is 13.1. The third-order valence-corrected chi connectivity index (χ3v) is 5.17. The van der Waals surface area contributed by atoms with Crippen molar-refractivity contribution in [3.63, 3.8) is 0 Å². The summed E-state index contributed by atoms with van der Waals surface area (Å²) in [7, 11) is 1.38. The fourth-order valence-electron chi connectivity index (χ4n) is 3.64. The van der Waals surface area contributed by atoms with E-state index in [1.54, 1.807) is 35.6 Å². The molecule has 0 N–H and O–H groups in total. The number of methoxy groups -OCH3 is 1. The number of rotatable bonds is 7. The third-order valence-electron chi connectivity index (χ3n) is 5.17. The first-order chi connectivity index (χ1) is 17.1. The molecule has 0 bridgehead atoms. The van der Waals surface area contributed by atoms with E-state index in [1.807, 2.05) is 6.92 Å². The van der Waals surface area contributed by atoms with Crippen LogP contribution >= 0.6 is 0 Å². The van der Waals surface area contributed by atoms with Crippen molar-refractivity contribution in [1.29, 1.82) is 5.26 Å². The van der Waals surface area contributed by atoms with Gasteiger partial charge in [0.25, 0.3) is 0 Å². The van der Waals surface area contributed by atoms with Crippen LogP contribution in [0.5, 0.6) is 11.6 Å². The Labute approximate surface area is 198 Å². The van der Waals surface area contributed by atoms with Crippen LogP contribution in [-0.2, 0) is 6.54 Å². The fraction of sp³-hybridized carbons (Fsp3) is 0.174. The van der Waals surface area contributed by atoms with Crippen LogP contribution in [0.15, 0.2) is 55.5 Å². The zero-order chi connectivity index (χ0) is 24.4. The minimum atomic E-state index is -0.543. The number of nitriles is 1. The van der Waals surface area contributed by atoms with Crippen LogP contribution in [0, 0.1) is 17.1 Å².